The van der Waals surface area contributed by atoms with Crippen molar-refractivity contribution >= 4 is 0 Å². The molecule has 0 heteroatoms. The van der Waals surface area contributed by atoms with Gasteiger partial charge in [-0.05, 0) is 30.5 Å². The Morgan fingerprint density at radius 3 is 2.43 bits per heavy atom. The first kappa shape index (κ1) is 10.6. The van der Waals surface area contributed by atoms with Crippen molar-refractivity contribution in [3.63, 3.8) is 0 Å². The highest BCUT2D eigenvalue weighted by atomic mass is 13.9. The van der Waals surface area contributed by atoms with E-state index in [2.05, 4.69) is 38.7 Å². The summed E-state index contributed by atoms with van der Waals surface area (Å²) in [4.78, 5) is 0. The van der Waals surface area contributed by atoms with Crippen LogP contribution in [0.25, 0.3) is 0 Å². The van der Waals surface area contributed by atoms with E-state index in [9.17, 15) is 0 Å². The van der Waals surface area contributed by atoms with Crippen LogP contribution in [-0.4, -0.2) is 0 Å². The van der Waals surface area contributed by atoms with E-state index in [1.807, 2.05) is 30.3 Å². The van der Waals surface area contributed by atoms with Crippen LogP contribution in [0.3, 0.4) is 0 Å². The van der Waals surface area contributed by atoms with Gasteiger partial charge in [0.25, 0.3) is 0 Å². The van der Waals surface area contributed by atoms with Crippen LogP contribution in [0, 0.1) is 17.8 Å². The first-order chi connectivity index (χ1) is 6.68. The Hall–Kier alpha value is -1.48. The Kier molecular flexibility index (Phi) is 4.01. The van der Waals surface area contributed by atoms with E-state index in [1.165, 1.54) is 0 Å². The lowest BCUT2D eigenvalue weighted by Gasteiger charge is -1.94. The molecule has 0 heterocycles. The average Bonchev–Trinajstić information content (AvgIpc) is 2.15. The molecule has 0 spiro atoms. The average molecular weight is 184 g/mol. The summed E-state index contributed by atoms with van der Waals surface area (Å²) in [5.74, 6) is 6.84. The minimum absolute atomic E-state index is 0.570. The Bertz CT molecular complexity index is 358. The lowest BCUT2D eigenvalue weighted by Crippen LogP contribution is -1.80. The molecule has 0 saturated carbocycles. The van der Waals surface area contributed by atoms with Crippen LogP contribution in [0.1, 0.15) is 26.3 Å². The summed E-state index contributed by atoms with van der Waals surface area (Å²) in [5, 5.41) is 0. The Morgan fingerprint density at radius 2 is 1.86 bits per heavy atom. The van der Waals surface area contributed by atoms with Crippen molar-refractivity contribution in [2.45, 2.75) is 20.8 Å². The smallest absolute Gasteiger partial charge is 0.0248 e. The molecule has 1 aromatic rings. The predicted octanol–water partition coefficient (Wildman–Crippen LogP) is 3.64. The molecule has 0 aromatic heterocycles. The van der Waals surface area contributed by atoms with Crippen molar-refractivity contribution in [2.24, 2.45) is 5.92 Å². The molecule has 0 aliphatic heterocycles. The van der Waals surface area contributed by atoms with Crippen LogP contribution < -0.4 is 0 Å². The van der Waals surface area contributed by atoms with Gasteiger partial charge in [-0.2, -0.15) is 0 Å². The van der Waals surface area contributed by atoms with Gasteiger partial charge in [-0.15, -0.1) is 0 Å². The highest BCUT2D eigenvalue weighted by Gasteiger charge is 1.87. The SMILES string of the molecule is C/C(C#Cc1ccccc1)=C\C(C)C. The van der Waals surface area contributed by atoms with Crippen LogP contribution in [0.2, 0.25) is 0 Å². The molecule has 0 amide bonds. The topological polar surface area (TPSA) is 0 Å². The zero-order chi connectivity index (χ0) is 10.4. The zero-order valence-electron chi connectivity index (χ0n) is 9.04. The van der Waals surface area contributed by atoms with Crippen LogP contribution in [0.15, 0.2) is 42.0 Å². The molecular weight excluding hydrogens is 168 g/mol. The number of allylic oxidation sites excluding steroid dienone is 2. The van der Waals surface area contributed by atoms with Crippen LogP contribution >= 0.6 is 0 Å². The van der Waals surface area contributed by atoms with Crippen molar-refractivity contribution in [3.05, 3.63) is 47.5 Å². The van der Waals surface area contributed by atoms with Crippen molar-refractivity contribution in [2.75, 3.05) is 0 Å². The maximum atomic E-state index is 3.14. The summed E-state index contributed by atoms with van der Waals surface area (Å²) in [6.07, 6.45) is 2.18. The van der Waals surface area contributed by atoms with Crippen molar-refractivity contribution in [1.29, 1.82) is 0 Å². The van der Waals surface area contributed by atoms with Gasteiger partial charge >= 0.3 is 0 Å². The van der Waals surface area contributed by atoms with Crippen LogP contribution in [0.5, 0.6) is 0 Å². The molecule has 0 bridgehead atoms. The van der Waals surface area contributed by atoms with Crippen molar-refractivity contribution in [3.8, 4) is 11.8 Å². The van der Waals surface area contributed by atoms with E-state index >= 15 is 0 Å². The first-order valence-electron chi connectivity index (χ1n) is 4.94. The van der Waals surface area contributed by atoms with Gasteiger partial charge in [-0.25, -0.2) is 0 Å². The number of hydrogen-bond donors (Lipinski definition) is 0. The Labute approximate surface area is 86.7 Å². The highest BCUT2D eigenvalue weighted by molar-refractivity contribution is 5.39. The molecule has 0 radical (unpaired) electrons. The molecule has 1 rings (SSSR count). The summed E-state index contributed by atoms with van der Waals surface area (Å²) in [5.41, 5.74) is 2.22. The highest BCUT2D eigenvalue weighted by Crippen LogP contribution is 2.01. The van der Waals surface area contributed by atoms with Crippen molar-refractivity contribution < 1.29 is 0 Å². The first-order valence-corrected chi connectivity index (χ1v) is 4.94. The summed E-state index contributed by atoms with van der Waals surface area (Å²) < 4.78 is 0. The van der Waals surface area contributed by atoms with Gasteiger partial charge in [-0.1, -0.05) is 50.0 Å². The maximum absolute atomic E-state index is 3.14. The van der Waals surface area contributed by atoms with E-state index in [4.69, 9.17) is 0 Å². The quantitative estimate of drug-likeness (QED) is 0.584. The Morgan fingerprint density at radius 1 is 1.21 bits per heavy atom. The third kappa shape index (κ3) is 3.96. The second-order valence-electron chi connectivity index (χ2n) is 3.71. The van der Waals surface area contributed by atoms with E-state index < -0.39 is 0 Å². The van der Waals surface area contributed by atoms with E-state index in [0.717, 1.165) is 11.1 Å². The molecule has 0 nitrogen and oxygen atoms in total. The van der Waals surface area contributed by atoms with Gasteiger partial charge in [-0.3, -0.25) is 0 Å². The van der Waals surface area contributed by atoms with Gasteiger partial charge < -0.3 is 0 Å². The fourth-order valence-electron chi connectivity index (χ4n) is 1.23. The lowest BCUT2D eigenvalue weighted by atomic mass is 10.1. The second-order valence-corrected chi connectivity index (χ2v) is 3.71. The van der Waals surface area contributed by atoms with Gasteiger partial charge in [0.2, 0.25) is 0 Å². The molecule has 0 saturated heterocycles. The fourth-order valence-corrected chi connectivity index (χ4v) is 1.23. The number of benzene rings is 1. The number of hydrogen-bond acceptors (Lipinski definition) is 0. The zero-order valence-corrected chi connectivity index (χ0v) is 9.04. The van der Waals surface area contributed by atoms with E-state index in [1.54, 1.807) is 0 Å². The largest absolute Gasteiger partial charge is 0.0706 e. The van der Waals surface area contributed by atoms with Crippen molar-refractivity contribution in [1.82, 2.24) is 0 Å². The maximum Gasteiger partial charge on any atom is 0.0248 e. The Balaban J connectivity index is 2.74. The van der Waals surface area contributed by atoms with Gasteiger partial charge in [0.05, 0.1) is 0 Å². The van der Waals surface area contributed by atoms with Gasteiger partial charge in [0.15, 0.2) is 0 Å². The third-order valence-corrected chi connectivity index (χ3v) is 1.76. The van der Waals surface area contributed by atoms with E-state index in [0.29, 0.717) is 5.92 Å². The molecule has 72 valence electrons. The molecule has 0 atom stereocenters. The van der Waals surface area contributed by atoms with E-state index in [-0.39, 0.29) is 0 Å². The minimum Gasteiger partial charge on any atom is -0.0706 e. The molecule has 0 fully saturated rings. The molecule has 0 aliphatic rings. The monoisotopic (exact) mass is 184 g/mol. The molecule has 1 aromatic carbocycles. The molecule has 14 heavy (non-hydrogen) atoms. The molecule has 0 N–H and O–H groups in total. The lowest BCUT2D eigenvalue weighted by molar-refractivity contribution is 0.826. The minimum atomic E-state index is 0.570. The normalized spacial score (nSPS) is 11.0. The molecule has 0 aliphatic carbocycles. The molecular formula is C14H16. The summed E-state index contributed by atoms with van der Waals surface area (Å²) >= 11 is 0. The summed E-state index contributed by atoms with van der Waals surface area (Å²) in [7, 11) is 0. The fraction of sp³-hybridized carbons (Fsp3) is 0.286. The standard InChI is InChI=1S/C14H16/c1-12(2)11-13(3)9-10-14-7-5-4-6-8-14/h4-8,11-12H,1-3H3/b13-11+. The van der Waals surface area contributed by atoms with Gasteiger partial charge in [0.1, 0.15) is 0 Å². The van der Waals surface area contributed by atoms with Gasteiger partial charge in [0, 0.05) is 5.56 Å². The molecule has 0 unspecified atom stereocenters. The van der Waals surface area contributed by atoms with Crippen LogP contribution in [-0.2, 0) is 0 Å². The van der Waals surface area contributed by atoms with Crippen LogP contribution in [0.4, 0.5) is 0 Å². The third-order valence-electron chi connectivity index (χ3n) is 1.76. The second kappa shape index (κ2) is 5.29. The number of rotatable bonds is 1. The summed E-state index contributed by atoms with van der Waals surface area (Å²) in [6, 6.07) is 10.1. The predicted molar refractivity (Wildman–Crippen MR) is 61.9 cm³/mol. The summed E-state index contributed by atoms with van der Waals surface area (Å²) in [6.45, 7) is 6.37.